The molecule has 1 heterocycles. The van der Waals surface area contributed by atoms with Crippen LogP contribution in [0, 0.1) is 0 Å². The van der Waals surface area contributed by atoms with Gasteiger partial charge in [0.25, 0.3) is 5.91 Å². The smallest absolute Gasteiger partial charge is 0.263 e. The highest BCUT2D eigenvalue weighted by Gasteiger charge is 2.22. The van der Waals surface area contributed by atoms with Crippen LogP contribution in [0.2, 0.25) is 0 Å². The number of hydrogen-bond donors (Lipinski definition) is 0. The van der Waals surface area contributed by atoms with Crippen molar-refractivity contribution in [3.63, 3.8) is 0 Å². The molecule has 0 spiro atoms. The molecule has 0 aliphatic heterocycles. The average Bonchev–Trinajstić information content (AvgIpc) is 2.72. The summed E-state index contributed by atoms with van der Waals surface area (Å²) < 4.78 is 11.8. The molecule has 2 aromatic carbocycles. The lowest BCUT2D eigenvalue weighted by atomic mass is 9.98. The van der Waals surface area contributed by atoms with E-state index in [-0.39, 0.29) is 5.91 Å². The summed E-state index contributed by atoms with van der Waals surface area (Å²) in [6.45, 7) is 4.45. The molecule has 1 aromatic heterocycles. The lowest BCUT2D eigenvalue weighted by Gasteiger charge is -2.22. The Morgan fingerprint density at radius 1 is 1.00 bits per heavy atom. The van der Waals surface area contributed by atoms with Gasteiger partial charge in [0.1, 0.15) is 5.75 Å². The molecule has 1 atom stereocenters. The fraction of sp³-hybridized carbons (Fsp3) is 0.304. The van der Waals surface area contributed by atoms with Crippen molar-refractivity contribution in [1.29, 1.82) is 0 Å². The Morgan fingerprint density at radius 2 is 1.75 bits per heavy atom. The molecule has 0 N–H and O–H groups in total. The fourth-order valence-electron chi connectivity index (χ4n) is 3.21. The van der Waals surface area contributed by atoms with E-state index in [9.17, 15) is 4.79 Å². The zero-order chi connectivity index (χ0) is 20.1. The Balaban J connectivity index is 2.09. The number of nitrogens with zero attached hydrogens (tertiary/aromatic N) is 2. The molecule has 28 heavy (non-hydrogen) atoms. The maximum Gasteiger partial charge on any atom is 0.263 e. The molecule has 0 fully saturated rings. The number of hydrogen-bond acceptors (Lipinski definition) is 4. The van der Waals surface area contributed by atoms with Crippen molar-refractivity contribution >= 4 is 16.7 Å². The normalized spacial score (nSPS) is 11.9. The van der Waals surface area contributed by atoms with E-state index in [1.54, 1.807) is 25.2 Å². The Morgan fingerprint density at radius 3 is 2.43 bits per heavy atom. The molecule has 3 rings (SSSR count). The molecule has 5 nitrogen and oxygen atoms in total. The Hall–Kier alpha value is -3.08. The molecule has 0 radical (unpaired) electrons. The van der Waals surface area contributed by atoms with Crippen molar-refractivity contribution in [3.05, 3.63) is 54.7 Å². The first-order valence-electron chi connectivity index (χ1n) is 9.54. The minimum atomic E-state index is -0.512. The summed E-state index contributed by atoms with van der Waals surface area (Å²) >= 11 is 0. The van der Waals surface area contributed by atoms with Crippen molar-refractivity contribution < 1.29 is 14.3 Å². The highest BCUT2D eigenvalue weighted by molar-refractivity contribution is 6.01. The van der Waals surface area contributed by atoms with Gasteiger partial charge in [-0.1, -0.05) is 31.2 Å². The number of aromatic nitrogens is 1. The Labute approximate surface area is 165 Å². The van der Waals surface area contributed by atoms with Crippen LogP contribution in [0.1, 0.15) is 20.3 Å². The lowest BCUT2D eigenvalue weighted by Crippen LogP contribution is -2.37. The van der Waals surface area contributed by atoms with Gasteiger partial charge in [-0.05, 0) is 48.6 Å². The number of amides is 1. The Bertz CT molecular complexity index is 969. The second kappa shape index (κ2) is 8.74. The van der Waals surface area contributed by atoms with Crippen LogP contribution >= 0.6 is 0 Å². The topological polar surface area (TPSA) is 51.7 Å². The van der Waals surface area contributed by atoms with Crippen molar-refractivity contribution in [3.8, 4) is 22.8 Å². The summed E-state index contributed by atoms with van der Waals surface area (Å²) in [5.74, 6) is 1.27. The minimum absolute atomic E-state index is 0.0402. The third-order valence-corrected chi connectivity index (χ3v) is 4.58. The van der Waals surface area contributed by atoms with Gasteiger partial charge in [-0.25, -0.2) is 4.98 Å². The van der Waals surface area contributed by atoms with Gasteiger partial charge in [0, 0.05) is 31.2 Å². The van der Waals surface area contributed by atoms with E-state index in [1.165, 1.54) is 0 Å². The molecule has 3 aromatic rings. The van der Waals surface area contributed by atoms with Gasteiger partial charge in [-0.2, -0.15) is 0 Å². The molecule has 0 saturated heterocycles. The summed E-state index contributed by atoms with van der Waals surface area (Å²) in [6, 6.07) is 15.9. The van der Waals surface area contributed by atoms with Crippen molar-refractivity contribution in [2.75, 3.05) is 20.7 Å². The molecular formula is C23H26N2O3. The van der Waals surface area contributed by atoms with Crippen molar-refractivity contribution in [2.45, 2.75) is 26.4 Å². The van der Waals surface area contributed by atoms with Crippen LogP contribution in [0.3, 0.4) is 0 Å². The number of benzene rings is 2. The molecule has 0 aliphatic rings. The summed E-state index contributed by atoms with van der Waals surface area (Å²) in [5, 5.41) is 1.98. The molecule has 146 valence electrons. The van der Waals surface area contributed by atoms with E-state index in [4.69, 9.17) is 9.47 Å². The van der Waals surface area contributed by atoms with Crippen LogP contribution in [0.25, 0.3) is 21.9 Å². The monoisotopic (exact) mass is 378 g/mol. The maximum absolute atomic E-state index is 12.4. The first kappa shape index (κ1) is 19.7. The van der Waals surface area contributed by atoms with Gasteiger partial charge in [0.15, 0.2) is 6.10 Å². The highest BCUT2D eigenvalue weighted by Crippen LogP contribution is 2.38. The van der Waals surface area contributed by atoms with Gasteiger partial charge in [0.05, 0.1) is 6.61 Å². The number of ether oxygens (including phenoxy) is 2. The van der Waals surface area contributed by atoms with E-state index < -0.39 is 6.10 Å². The molecule has 0 aliphatic carbocycles. The number of fused-ring (bicyclic) bond motifs is 1. The predicted molar refractivity (Wildman–Crippen MR) is 112 cm³/mol. The van der Waals surface area contributed by atoms with E-state index in [0.717, 1.165) is 21.9 Å². The van der Waals surface area contributed by atoms with Gasteiger partial charge in [0.2, 0.25) is 5.88 Å². The average molecular weight is 378 g/mol. The highest BCUT2D eigenvalue weighted by atomic mass is 16.5. The minimum Gasteiger partial charge on any atom is -0.480 e. The second-order valence-electron chi connectivity index (χ2n) is 6.69. The molecular weight excluding hydrogens is 352 g/mol. The molecule has 5 heteroatoms. The fourth-order valence-corrected chi connectivity index (χ4v) is 3.21. The summed E-state index contributed by atoms with van der Waals surface area (Å²) in [7, 11) is 3.49. The van der Waals surface area contributed by atoms with Gasteiger partial charge >= 0.3 is 0 Å². The van der Waals surface area contributed by atoms with Crippen LogP contribution in [0.15, 0.2) is 54.7 Å². The van der Waals surface area contributed by atoms with Crippen LogP contribution in [-0.4, -0.2) is 42.6 Å². The molecule has 1 amide bonds. The van der Waals surface area contributed by atoms with Crippen LogP contribution < -0.4 is 9.47 Å². The number of likely N-dealkylation sites (N-methyl/N-ethyl adjacent to an activating group) is 1. The zero-order valence-electron chi connectivity index (χ0n) is 16.8. The first-order valence-corrected chi connectivity index (χ1v) is 9.54. The predicted octanol–water partition coefficient (Wildman–Crippen LogP) is 4.55. The molecule has 0 bridgehead atoms. The maximum atomic E-state index is 12.4. The van der Waals surface area contributed by atoms with E-state index in [0.29, 0.717) is 24.7 Å². The SMILES string of the molecule is CCOc1ncccc1-c1ccc(OC(CC)C(=O)N(C)C)c2ccccc12. The lowest BCUT2D eigenvalue weighted by molar-refractivity contribution is -0.136. The van der Waals surface area contributed by atoms with Gasteiger partial charge < -0.3 is 14.4 Å². The quantitative estimate of drug-likeness (QED) is 0.605. The third kappa shape index (κ3) is 3.93. The number of carbonyl (C=O) groups excluding carboxylic acids is 1. The third-order valence-electron chi connectivity index (χ3n) is 4.58. The zero-order valence-corrected chi connectivity index (χ0v) is 16.8. The summed E-state index contributed by atoms with van der Waals surface area (Å²) in [5.41, 5.74) is 1.95. The van der Waals surface area contributed by atoms with Crippen molar-refractivity contribution in [2.24, 2.45) is 0 Å². The number of carbonyl (C=O) groups is 1. The van der Waals surface area contributed by atoms with E-state index in [1.807, 2.05) is 56.3 Å². The van der Waals surface area contributed by atoms with E-state index in [2.05, 4.69) is 11.1 Å². The number of rotatable bonds is 7. The van der Waals surface area contributed by atoms with Gasteiger partial charge in [-0.15, -0.1) is 0 Å². The van der Waals surface area contributed by atoms with Gasteiger partial charge in [-0.3, -0.25) is 4.79 Å². The standard InChI is InChI=1S/C23H26N2O3/c1-5-20(23(26)25(3)4)28-21-14-13-17(16-10-7-8-11-18(16)21)19-12-9-15-24-22(19)27-6-2/h7-15,20H,5-6H2,1-4H3. The first-order chi connectivity index (χ1) is 13.6. The summed E-state index contributed by atoms with van der Waals surface area (Å²) in [6.07, 6.45) is 1.82. The van der Waals surface area contributed by atoms with Crippen LogP contribution in [-0.2, 0) is 4.79 Å². The Kier molecular flexibility index (Phi) is 6.14. The van der Waals surface area contributed by atoms with Crippen molar-refractivity contribution in [1.82, 2.24) is 9.88 Å². The number of pyridine rings is 1. The molecule has 0 saturated carbocycles. The second-order valence-corrected chi connectivity index (χ2v) is 6.69. The van der Waals surface area contributed by atoms with Crippen LogP contribution in [0.4, 0.5) is 0 Å². The van der Waals surface area contributed by atoms with Crippen LogP contribution in [0.5, 0.6) is 11.6 Å². The summed E-state index contributed by atoms with van der Waals surface area (Å²) in [4.78, 5) is 18.3. The largest absolute Gasteiger partial charge is 0.480 e. The molecule has 1 unspecified atom stereocenters. The van der Waals surface area contributed by atoms with E-state index >= 15 is 0 Å².